The average Bonchev–Trinajstić information content (AvgIpc) is 3.27. The summed E-state index contributed by atoms with van der Waals surface area (Å²) in [7, 11) is 1.79. The Morgan fingerprint density at radius 3 is 2.45 bits per heavy atom. The fourth-order valence-electron chi connectivity index (χ4n) is 3.45. The predicted molar refractivity (Wildman–Crippen MR) is 131 cm³/mol. The maximum Gasteiger partial charge on any atom is 0.414 e. The third-order valence-electron chi connectivity index (χ3n) is 5.03. The zero-order valence-electron chi connectivity index (χ0n) is 19.8. The Labute approximate surface area is 194 Å². The summed E-state index contributed by atoms with van der Waals surface area (Å²) in [5, 5.41) is 10.1. The first-order chi connectivity index (χ1) is 15.7. The van der Waals surface area contributed by atoms with Crippen molar-refractivity contribution in [3.8, 4) is 0 Å². The van der Waals surface area contributed by atoms with Crippen molar-refractivity contribution in [3.05, 3.63) is 72.1 Å². The van der Waals surface area contributed by atoms with Crippen molar-refractivity contribution in [1.82, 2.24) is 9.78 Å². The Morgan fingerprint density at radius 2 is 1.85 bits per heavy atom. The number of nitrogens with zero attached hydrogens (tertiary/aromatic N) is 3. The highest BCUT2D eigenvalue weighted by molar-refractivity contribution is 6.08. The van der Waals surface area contributed by atoms with E-state index < -0.39 is 11.6 Å². The van der Waals surface area contributed by atoms with E-state index in [1.807, 2.05) is 52.1 Å². The van der Waals surface area contributed by atoms with Crippen LogP contribution in [0.2, 0.25) is 0 Å². The summed E-state index contributed by atoms with van der Waals surface area (Å²) >= 11 is 0. The Balaban J connectivity index is 1.70. The van der Waals surface area contributed by atoms with E-state index in [0.717, 1.165) is 11.3 Å². The van der Waals surface area contributed by atoms with Gasteiger partial charge in [-0.25, -0.2) is 4.79 Å². The van der Waals surface area contributed by atoms with Gasteiger partial charge in [-0.05, 0) is 75.7 Å². The van der Waals surface area contributed by atoms with Gasteiger partial charge in [-0.3, -0.25) is 14.4 Å². The number of benzene rings is 2. The molecule has 0 saturated heterocycles. The fraction of sp³-hybridized carbons (Fsp3) is 0.320. The van der Waals surface area contributed by atoms with Crippen LogP contribution in [0, 0.1) is 6.92 Å². The summed E-state index contributed by atoms with van der Waals surface area (Å²) in [5.41, 5.74) is 3.20. The lowest BCUT2D eigenvalue weighted by molar-refractivity contribution is 0.102. The lowest BCUT2D eigenvalue weighted by Crippen LogP contribution is -2.46. The molecule has 3 rings (SSSR count). The maximum absolute atomic E-state index is 12.9. The van der Waals surface area contributed by atoms with E-state index in [4.69, 9.17) is 4.74 Å². The molecule has 0 radical (unpaired) electrons. The molecule has 0 aliphatic rings. The van der Waals surface area contributed by atoms with Crippen molar-refractivity contribution >= 4 is 29.1 Å². The molecule has 1 aromatic heterocycles. The van der Waals surface area contributed by atoms with E-state index in [9.17, 15) is 9.59 Å². The molecule has 1 heterocycles. The molecule has 0 spiro atoms. The molecule has 0 fully saturated rings. The Morgan fingerprint density at radius 1 is 1.12 bits per heavy atom. The van der Waals surface area contributed by atoms with Crippen LogP contribution in [-0.2, 0) is 11.3 Å². The normalized spacial score (nSPS) is 11.1. The van der Waals surface area contributed by atoms with E-state index in [1.54, 1.807) is 53.2 Å². The zero-order valence-corrected chi connectivity index (χ0v) is 19.8. The van der Waals surface area contributed by atoms with Crippen LogP contribution in [0.1, 0.15) is 36.7 Å². The molecule has 3 aromatic rings. The summed E-state index contributed by atoms with van der Waals surface area (Å²) in [6, 6.07) is 14.6. The van der Waals surface area contributed by atoms with Gasteiger partial charge in [0.15, 0.2) is 0 Å². The fourth-order valence-corrected chi connectivity index (χ4v) is 3.45. The van der Waals surface area contributed by atoms with Gasteiger partial charge in [0.2, 0.25) is 0 Å². The van der Waals surface area contributed by atoms with E-state index in [1.165, 1.54) is 0 Å². The molecule has 2 amide bonds. The van der Waals surface area contributed by atoms with Crippen molar-refractivity contribution in [2.45, 2.75) is 39.8 Å². The molecule has 33 heavy (non-hydrogen) atoms. The zero-order chi connectivity index (χ0) is 24.0. The minimum Gasteiger partial charge on any atom is -0.447 e. The first-order valence-electron chi connectivity index (χ1n) is 10.8. The number of nitrogens with one attached hydrogen (secondary N) is 2. The molecule has 2 aromatic carbocycles. The number of hydrogen-bond acceptors (Lipinski definition) is 5. The van der Waals surface area contributed by atoms with Crippen LogP contribution in [-0.4, -0.2) is 41.0 Å². The van der Waals surface area contributed by atoms with Gasteiger partial charge >= 0.3 is 6.09 Å². The third-order valence-corrected chi connectivity index (χ3v) is 5.03. The molecule has 174 valence electrons. The molecule has 0 aliphatic heterocycles. The number of rotatable bonds is 7. The highest BCUT2D eigenvalue weighted by Gasteiger charge is 2.29. The molecule has 0 aliphatic carbocycles. The van der Waals surface area contributed by atoms with Crippen LogP contribution in [0.4, 0.5) is 21.9 Å². The summed E-state index contributed by atoms with van der Waals surface area (Å²) in [4.78, 5) is 27.2. The van der Waals surface area contributed by atoms with Crippen LogP contribution in [0.15, 0.2) is 60.9 Å². The average molecular weight is 450 g/mol. The van der Waals surface area contributed by atoms with Crippen LogP contribution >= 0.6 is 0 Å². The van der Waals surface area contributed by atoms with Crippen molar-refractivity contribution in [2.75, 3.05) is 29.2 Å². The molecule has 8 heteroatoms. The monoisotopic (exact) mass is 449 g/mol. The number of carbonyl (C=O) groups excluding carboxylic acids is 2. The second-order valence-electron chi connectivity index (χ2n) is 8.69. The number of hydrogen-bond donors (Lipinski definition) is 2. The summed E-state index contributed by atoms with van der Waals surface area (Å²) in [6.07, 6.45) is 3.06. The third kappa shape index (κ3) is 6.12. The van der Waals surface area contributed by atoms with Gasteiger partial charge in [0.1, 0.15) is 6.61 Å². The molecule has 0 unspecified atom stereocenters. The Hall–Kier alpha value is -3.81. The van der Waals surface area contributed by atoms with Crippen LogP contribution in [0.3, 0.4) is 0 Å². The Kier molecular flexibility index (Phi) is 7.37. The van der Waals surface area contributed by atoms with E-state index in [-0.39, 0.29) is 12.5 Å². The number of amides is 2. The van der Waals surface area contributed by atoms with Gasteiger partial charge in [-0.1, -0.05) is 6.07 Å². The molecule has 0 atom stereocenters. The topological polar surface area (TPSA) is 88.5 Å². The van der Waals surface area contributed by atoms with Crippen LogP contribution in [0.5, 0.6) is 0 Å². The van der Waals surface area contributed by atoms with Gasteiger partial charge in [0.05, 0.1) is 12.1 Å². The van der Waals surface area contributed by atoms with Crippen molar-refractivity contribution < 1.29 is 14.3 Å². The maximum atomic E-state index is 12.9. The van der Waals surface area contributed by atoms with E-state index in [2.05, 4.69) is 15.7 Å². The number of anilines is 3. The first-order valence-corrected chi connectivity index (χ1v) is 10.8. The van der Waals surface area contributed by atoms with Crippen LogP contribution in [0.25, 0.3) is 0 Å². The second kappa shape index (κ2) is 10.2. The van der Waals surface area contributed by atoms with Gasteiger partial charge in [-0.15, -0.1) is 0 Å². The lowest BCUT2D eigenvalue weighted by atomic mass is 10.1. The van der Waals surface area contributed by atoms with Gasteiger partial charge in [0, 0.05) is 42.0 Å². The van der Waals surface area contributed by atoms with E-state index >= 15 is 0 Å². The second-order valence-corrected chi connectivity index (χ2v) is 8.69. The molecule has 0 bridgehead atoms. The Bertz CT molecular complexity index is 1090. The minimum absolute atomic E-state index is 0.210. The van der Waals surface area contributed by atoms with E-state index in [0.29, 0.717) is 23.5 Å². The molecule has 8 nitrogen and oxygen atoms in total. The molecular formula is C25H31N5O3. The van der Waals surface area contributed by atoms with Crippen LogP contribution < -0.4 is 15.5 Å². The standard InChI is InChI=1S/C25H31N5O3/c1-18-7-12-21(22(17-18)26-5)23(31)28-19-8-10-20(11-9-19)30(25(2,3)4)24(32)33-16-15-29-14-6-13-27-29/h6-14,17,26H,15-16H2,1-5H3,(H,28,31). The lowest BCUT2D eigenvalue weighted by Gasteiger charge is -2.34. The number of aryl methyl sites for hydroxylation is 1. The first kappa shape index (κ1) is 23.8. The number of aromatic nitrogens is 2. The summed E-state index contributed by atoms with van der Waals surface area (Å²) in [5.74, 6) is -0.210. The largest absolute Gasteiger partial charge is 0.447 e. The van der Waals surface area contributed by atoms with Gasteiger partial charge < -0.3 is 15.4 Å². The highest BCUT2D eigenvalue weighted by atomic mass is 16.6. The molecule has 2 N–H and O–H groups in total. The SMILES string of the molecule is CNc1cc(C)ccc1C(=O)Nc1ccc(N(C(=O)OCCn2cccn2)C(C)(C)C)cc1. The smallest absolute Gasteiger partial charge is 0.414 e. The number of ether oxygens (including phenoxy) is 1. The highest BCUT2D eigenvalue weighted by Crippen LogP contribution is 2.27. The minimum atomic E-state index is -0.503. The molecule has 0 saturated carbocycles. The van der Waals surface area contributed by atoms with Crippen molar-refractivity contribution in [1.29, 1.82) is 0 Å². The summed E-state index contributed by atoms with van der Waals surface area (Å²) < 4.78 is 7.20. The quantitative estimate of drug-likeness (QED) is 0.534. The van der Waals surface area contributed by atoms with Gasteiger partial charge in [-0.2, -0.15) is 5.10 Å². The van der Waals surface area contributed by atoms with Crippen molar-refractivity contribution in [2.24, 2.45) is 0 Å². The van der Waals surface area contributed by atoms with Crippen molar-refractivity contribution in [3.63, 3.8) is 0 Å². The van der Waals surface area contributed by atoms with Gasteiger partial charge in [0.25, 0.3) is 5.91 Å². The summed E-state index contributed by atoms with van der Waals surface area (Å²) in [6.45, 7) is 8.49. The molecular weight excluding hydrogens is 418 g/mol. The number of carbonyl (C=O) groups is 2. The predicted octanol–water partition coefficient (Wildman–Crippen LogP) is 4.93.